The molecule has 2 aromatic rings. The first-order valence-corrected chi connectivity index (χ1v) is 8.33. The highest BCUT2D eigenvalue weighted by atomic mass is 16.1. The minimum absolute atomic E-state index is 0.0758. The van der Waals surface area contributed by atoms with Gasteiger partial charge in [-0.2, -0.15) is 0 Å². The van der Waals surface area contributed by atoms with Gasteiger partial charge in [0.25, 0.3) is 0 Å². The van der Waals surface area contributed by atoms with Crippen LogP contribution >= 0.6 is 0 Å². The highest BCUT2D eigenvalue weighted by Crippen LogP contribution is 2.20. The number of benzene rings is 2. The maximum absolute atomic E-state index is 12.5. The molecule has 0 saturated heterocycles. The lowest BCUT2D eigenvalue weighted by atomic mass is 9.98. The van der Waals surface area contributed by atoms with Crippen molar-refractivity contribution in [3.05, 3.63) is 69.8 Å². The second kappa shape index (κ2) is 7.45. The van der Waals surface area contributed by atoms with Crippen LogP contribution in [0.1, 0.15) is 52.8 Å². The minimum Gasteiger partial charge on any atom is -0.349 e. The molecule has 1 atom stereocenters. The fourth-order valence-corrected chi connectivity index (χ4v) is 2.81. The molecule has 2 rings (SSSR count). The van der Waals surface area contributed by atoms with Crippen molar-refractivity contribution in [1.29, 1.82) is 0 Å². The zero-order valence-corrected chi connectivity index (χ0v) is 14.9. The molecule has 0 aliphatic carbocycles. The van der Waals surface area contributed by atoms with Crippen LogP contribution in [0.3, 0.4) is 0 Å². The molecule has 0 spiro atoms. The molecule has 0 bridgehead atoms. The van der Waals surface area contributed by atoms with E-state index in [4.69, 9.17) is 0 Å². The number of aryl methyl sites for hydroxylation is 4. The maximum atomic E-state index is 12.5. The fraction of sp³-hybridized carbons (Fsp3) is 0.381. The van der Waals surface area contributed by atoms with Crippen LogP contribution in [0.4, 0.5) is 0 Å². The number of hydrogen-bond acceptors (Lipinski definition) is 1. The lowest BCUT2D eigenvalue weighted by molar-refractivity contribution is -0.121. The summed E-state index contributed by atoms with van der Waals surface area (Å²) in [6, 6.07) is 12.8. The normalized spacial score (nSPS) is 12.0. The molecule has 1 N–H and O–H groups in total. The van der Waals surface area contributed by atoms with Crippen LogP contribution in [0.25, 0.3) is 0 Å². The molecule has 2 nitrogen and oxygen atoms in total. The summed E-state index contributed by atoms with van der Waals surface area (Å²) in [5.74, 6) is 0.0868. The third kappa shape index (κ3) is 4.44. The molecule has 1 amide bonds. The summed E-state index contributed by atoms with van der Waals surface area (Å²) in [7, 11) is 0. The number of rotatable bonds is 5. The first kappa shape index (κ1) is 17.3. The van der Waals surface area contributed by atoms with E-state index in [0.29, 0.717) is 6.42 Å². The summed E-state index contributed by atoms with van der Waals surface area (Å²) in [4.78, 5) is 12.5. The molecule has 2 aromatic carbocycles. The van der Waals surface area contributed by atoms with Crippen molar-refractivity contribution in [3.8, 4) is 0 Å². The largest absolute Gasteiger partial charge is 0.349 e. The van der Waals surface area contributed by atoms with Gasteiger partial charge in [0.05, 0.1) is 12.5 Å². The Morgan fingerprint density at radius 3 is 2.30 bits per heavy atom. The quantitative estimate of drug-likeness (QED) is 0.850. The molecule has 0 aliphatic rings. The molecular weight excluding hydrogens is 282 g/mol. The first-order chi connectivity index (χ1) is 10.9. The Morgan fingerprint density at radius 1 is 0.957 bits per heavy atom. The summed E-state index contributed by atoms with van der Waals surface area (Å²) in [6.45, 7) is 10.5. The Kier molecular flexibility index (Phi) is 5.59. The van der Waals surface area contributed by atoms with Crippen LogP contribution in [-0.2, 0) is 11.2 Å². The molecule has 0 unspecified atom stereocenters. The van der Waals surface area contributed by atoms with E-state index in [0.717, 1.165) is 12.0 Å². The average molecular weight is 309 g/mol. The van der Waals surface area contributed by atoms with Crippen LogP contribution in [0.5, 0.6) is 0 Å². The van der Waals surface area contributed by atoms with E-state index in [1.165, 1.54) is 27.8 Å². The zero-order valence-electron chi connectivity index (χ0n) is 14.9. The molecule has 2 heteroatoms. The van der Waals surface area contributed by atoms with Gasteiger partial charge in [-0.3, -0.25) is 4.79 Å². The molecule has 0 radical (unpaired) electrons. The SMILES string of the molecule is CC[C@H](NC(=O)Cc1cc(C)ccc1C)c1ccc(C)c(C)c1. The van der Waals surface area contributed by atoms with Crippen molar-refractivity contribution < 1.29 is 4.79 Å². The number of carbonyl (C=O) groups excluding carboxylic acids is 1. The van der Waals surface area contributed by atoms with Gasteiger partial charge < -0.3 is 5.32 Å². The van der Waals surface area contributed by atoms with Gasteiger partial charge in [-0.25, -0.2) is 0 Å². The predicted molar refractivity (Wildman–Crippen MR) is 96.7 cm³/mol. The number of amides is 1. The van der Waals surface area contributed by atoms with Crippen molar-refractivity contribution in [1.82, 2.24) is 5.32 Å². The predicted octanol–water partition coefficient (Wildman–Crippen LogP) is 4.73. The van der Waals surface area contributed by atoms with Crippen LogP contribution in [-0.4, -0.2) is 5.91 Å². The van der Waals surface area contributed by atoms with Gasteiger partial charge in [-0.15, -0.1) is 0 Å². The molecular formula is C21H27NO. The van der Waals surface area contributed by atoms with Crippen molar-refractivity contribution >= 4 is 5.91 Å². The molecule has 0 aliphatic heterocycles. The Labute approximate surface area is 139 Å². The third-order valence-electron chi connectivity index (χ3n) is 4.53. The number of nitrogens with one attached hydrogen (secondary N) is 1. The van der Waals surface area contributed by atoms with E-state index in [-0.39, 0.29) is 11.9 Å². The standard InChI is InChI=1S/C21H27NO/c1-6-20(18-10-9-15(3)17(5)12-18)22-21(23)13-19-11-14(2)7-8-16(19)4/h7-12,20H,6,13H2,1-5H3,(H,22,23)/t20-/m0/s1. The van der Waals surface area contributed by atoms with Crippen molar-refractivity contribution in [2.75, 3.05) is 0 Å². The first-order valence-electron chi connectivity index (χ1n) is 8.33. The smallest absolute Gasteiger partial charge is 0.224 e. The molecule has 0 aromatic heterocycles. The molecule has 0 saturated carbocycles. The summed E-state index contributed by atoms with van der Waals surface area (Å²) in [5, 5.41) is 3.19. The summed E-state index contributed by atoms with van der Waals surface area (Å²) >= 11 is 0. The lowest BCUT2D eigenvalue weighted by Crippen LogP contribution is -2.29. The van der Waals surface area contributed by atoms with E-state index < -0.39 is 0 Å². The Balaban J connectivity index is 2.10. The highest BCUT2D eigenvalue weighted by molar-refractivity contribution is 5.79. The van der Waals surface area contributed by atoms with Gasteiger partial charge in [0, 0.05) is 0 Å². The Hall–Kier alpha value is -2.09. The van der Waals surface area contributed by atoms with E-state index in [2.05, 4.69) is 76.3 Å². The van der Waals surface area contributed by atoms with Crippen LogP contribution in [0, 0.1) is 27.7 Å². The van der Waals surface area contributed by atoms with Crippen LogP contribution in [0.2, 0.25) is 0 Å². The van der Waals surface area contributed by atoms with Gasteiger partial charge in [0.15, 0.2) is 0 Å². The van der Waals surface area contributed by atoms with Gasteiger partial charge in [0.1, 0.15) is 0 Å². The van der Waals surface area contributed by atoms with Crippen molar-refractivity contribution in [2.45, 2.75) is 53.5 Å². The average Bonchev–Trinajstić information content (AvgIpc) is 2.51. The van der Waals surface area contributed by atoms with Crippen LogP contribution < -0.4 is 5.32 Å². The van der Waals surface area contributed by atoms with E-state index in [9.17, 15) is 4.79 Å². The summed E-state index contributed by atoms with van der Waals surface area (Å²) < 4.78 is 0. The molecule has 23 heavy (non-hydrogen) atoms. The number of hydrogen-bond donors (Lipinski definition) is 1. The molecule has 122 valence electrons. The topological polar surface area (TPSA) is 29.1 Å². The van der Waals surface area contributed by atoms with Crippen LogP contribution in [0.15, 0.2) is 36.4 Å². The summed E-state index contributed by atoms with van der Waals surface area (Å²) in [6.07, 6.45) is 1.33. The van der Waals surface area contributed by atoms with Gasteiger partial charge in [-0.1, -0.05) is 48.9 Å². The van der Waals surface area contributed by atoms with E-state index in [1.807, 2.05) is 0 Å². The Bertz CT molecular complexity index is 703. The molecule has 0 heterocycles. The summed E-state index contributed by atoms with van der Waals surface area (Å²) in [5.41, 5.74) is 7.21. The van der Waals surface area contributed by atoms with E-state index in [1.54, 1.807) is 0 Å². The second-order valence-corrected chi connectivity index (χ2v) is 6.48. The van der Waals surface area contributed by atoms with Gasteiger partial charge in [-0.05, 0) is 61.9 Å². The third-order valence-corrected chi connectivity index (χ3v) is 4.53. The van der Waals surface area contributed by atoms with Crippen molar-refractivity contribution in [2.24, 2.45) is 0 Å². The van der Waals surface area contributed by atoms with Crippen molar-refractivity contribution in [3.63, 3.8) is 0 Å². The van der Waals surface area contributed by atoms with Gasteiger partial charge >= 0.3 is 0 Å². The number of carbonyl (C=O) groups is 1. The zero-order chi connectivity index (χ0) is 17.0. The fourth-order valence-electron chi connectivity index (χ4n) is 2.81. The maximum Gasteiger partial charge on any atom is 0.224 e. The van der Waals surface area contributed by atoms with E-state index >= 15 is 0 Å². The highest BCUT2D eigenvalue weighted by Gasteiger charge is 2.14. The Morgan fingerprint density at radius 2 is 1.65 bits per heavy atom. The molecule has 0 fully saturated rings. The monoisotopic (exact) mass is 309 g/mol. The lowest BCUT2D eigenvalue weighted by Gasteiger charge is -2.19. The second-order valence-electron chi connectivity index (χ2n) is 6.48. The minimum atomic E-state index is 0.0758. The van der Waals surface area contributed by atoms with Gasteiger partial charge in [0.2, 0.25) is 5.91 Å².